The molecule has 1 heterocycles. The van der Waals surface area contributed by atoms with Crippen molar-refractivity contribution in [3.05, 3.63) is 35.9 Å². The van der Waals surface area contributed by atoms with Gasteiger partial charge in [-0.3, -0.25) is 9.69 Å². The van der Waals surface area contributed by atoms with Crippen molar-refractivity contribution in [3.8, 4) is 17.2 Å². The number of aromatic nitrogens is 1. The predicted molar refractivity (Wildman–Crippen MR) is 143 cm³/mol. The van der Waals surface area contributed by atoms with E-state index in [1.807, 2.05) is 39.8 Å². The number of hydrogen-bond acceptors (Lipinski definition) is 9. The lowest BCUT2D eigenvalue weighted by atomic mass is 10.1. The third-order valence-electron chi connectivity index (χ3n) is 5.18. The topological polar surface area (TPSA) is 98.3 Å². The Morgan fingerprint density at radius 2 is 1.56 bits per heavy atom. The Labute approximate surface area is 216 Å². The molecular formula is C25H33N3O6S2. The lowest BCUT2D eigenvalue weighted by molar-refractivity contribution is 0.0984. The smallest absolute Gasteiger partial charge is 0.260 e. The number of carbonyl (C=O) groups is 1. The Hall–Kier alpha value is -2.89. The molecule has 0 fully saturated rings. The molecule has 0 bridgehead atoms. The van der Waals surface area contributed by atoms with Crippen LogP contribution in [0.4, 0.5) is 5.13 Å². The lowest BCUT2D eigenvalue weighted by Crippen LogP contribution is -2.36. The van der Waals surface area contributed by atoms with Crippen LogP contribution in [-0.4, -0.2) is 77.5 Å². The average molecular weight is 536 g/mol. The van der Waals surface area contributed by atoms with E-state index >= 15 is 0 Å². The summed E-state index contributed by atoms with van der Waals surface area (Å²) in [6, 6.07) is 8.12. The molecule has 0 saturated carbocycles. The molecule has 0 atom stereocenters. The van der Waals surface area contributed by atoms with Crippen LogP contribution >= 0.6 is 11.3 Å². The van der Waals surface area contributed by atoms with Gasteiger partial charge in [0.1, 0.15) is 0 Å². The van der Waals surface area contributed by atoms with Crippen LogP contribution in [0.2, 0.25) is 0 Å². The summed E-state index contributed by atoms with van der Waals surface area (Å²) in [5, 5.41) is 0.479. The van der Waals surface area contributed by atoms with Crippen molar-refractivity contribution >= 4 is 42.4 Å². The van der Waals surface area contributed by atoms with Crippen molar-refractivity contribution in [1.29, 1.82) is 0 Å². The molecule has 0 N–H and O–H groups in total. The van der Waals surface area contributed by atoms with Gasteiger partial charge in [0.2, 0.25) is 5.75 Å². The normalized spacial score (nSPS) is 11.6. The fourth-order valence-corrected chi connectivity index (χ4v) is 5.24. The molecule has 0 radical (unpaired) electrons. The van der Waals surface area contributed by atoms with E-state index in [4.69, 9.17) is 14.2 Å². The van der Waals surface area contributed by atoms with E-state index in [1.165, 1.54) is 23.7 Å². The Kier molecular flexibility index (Phi) is 9.15. The molecule has 11 heteroatoms. The summed E-state index contributed by atoms with van der Waals surface area (Å²) in [6.45, 7) is 7.79. The van der Waals surface area contributed by atoms with E-state index in [0.717, 1.165) is 0 Å². The molecule has 1 aromatic heterocycles. The van der Waals surface area contributed by atoms with E-state index < -0.39 is 9.84 Å². The molecular weight excluding hydrogens is 502 g/mol. The zero-order valence-electron chi connectivity index (χ0n) is 21.5. The number of benzene rings is 2. The minimum Gasteiger partial charge on any atom is -0.490 e. The highest BCUT2D eigenvalue weighted by Gasteiger charge is 2.25. The third-order valence-corrected chi connectivity index (χ3v) is 7.33. The minimum atomic E-state index is -3.36. The Morgan fingerprint density at radius 3 is 2.08 bits per heavy atom. The second-order valence-electron chi connectivity index (χ2n) is 8.26. The highest BCUT2D eigenvalue weighted by Crippen LogP contribution is 2.40. The van der Waals surface area contributed by atoms with E-state index in [0.29, 0.717) is 71.1 Å². The maximum absolute atomic E-state index is 13.9. The second kappa shape index (κ2) is 11.9. The standard InChI is InChI=1S/C25H33N3O6S2/c1-7-32-20-14-17(15-21(33-8-2)23(20)34-9-3)24(29)28(13-12-27(4)5)25-26-19-11-10-18(36(6,30)31)16-22(19)35-25/h10-11,14-16H,7-9,12-13H2,1-6H3. The fraction of sp³-hybridized carbons (Fsp3) is 0.440. The van der Waals surface area contributed by atoms with Crippen LogP contribution in [0.15, 0.2) is 35.2 Å². The molecule has 0 unspecified atom stereocenters. The molecule has 36 heavy (non-hydrogen) atoms. The molecule has 3 rings (SSSR count). The van der Waals surface area contributed by atoms with Crippen LogP contribution < -0.4 is 19.1 Å². The Bertz CT molecular complexity index is 1290. The molecule has 1 amide bonds. The first-order chi connectivity index (χ1) is 17.1. The fourth-order valence-electron chi connectivity index (χ4n) is 3.49. The van der Waals surface area contributed by atoms with Crippen LogP contribution in [0, 0.1) is 0 Å². The molecule has 0 spiro atoms. The quantitative estimate of drug-likeness (QED) is 0.342. The van der Waals surface area contributed by atoms with Gasteiger partial charge in [0.25, 0.3) is 5.91 Å². The van der Waals surface area contributed by atoms with E-state index in [2.05, 4.69) is 4.98 Å². The maximum Gasteiger partial charge on any atom is 0.260 e. The van der Waals surface area contributed by atoms with Crippen molar-refractivity contribution in [2.24, 2.45) is 0 Å². The summed E-state index contributed by atoms with van der Waals surface area (Å²) < 4.78 is 42.1. The number of thiazole rings is 1. The van der Waals surface area contributed by atoms with Gasteiger partial charge in [0.15, 0.2) is 26.5 Å². The van der Waals surface area contributed by atoms with Crippen LogP contribution in [-0.2, 0) is 9.84 Å². The first-order valence-electron chi connectivity index (χ1n) is 11.7. The summed E-state index contributed by atoms with van der Waals surface area (Å²) in [5.41, 5.74) is 1.00. The molecule has 9 nitrogen and oxygen atoms in total. The van der Waals surface area contributed by atoms with Crippen molar-refractivity contribution in [2.75, 3.05) is 58.2 Å². The minimum absolute atomic E-state index is 0.214. The van der Waals surface area contributed by atoms with Gasteiger partial charge in [-0.15, -0.1) is 0 Å². The number of ether oxygens (including phenoxy) is 3. The second-order valence-corrected chi connectivity index (χ2v) is 11.3. The van der Waals surface area contributed by atoms with E-state index in [1.54, 1.807) is 29.2 Å². The van der Waals surface area contributed by atoms with Gasteiger partial charge >= 0.3 is 0 Å². The zero-order valence-corrected chi connectivity index (χ0v) is 23.2. The summed E-state index contributed by atoms with van der Waals surface area (Å²) in [5.74, 6) is 1.06. The first-order valence-corrected chi connectivity index (χ1v) is 14.4. The van der Waals surface area contributed by atoms with Gasteiger partial charge in [-0.25, -0.2) is 13.4 Å². The number of hydrogen-bond donors (Lipinski definition) is 0. The number of rotatable bonds is 12. The summed E-state index contributed by atoms with van der Waals surface area (Å²) in [4.78, 5) is 22.3. The number of amides is 1. The van der Waals surface area contributed by atoms with Crippen molar-refractivity contribution < 1.29 is 27.4 Å². The molecule has 0 aliphatic carbocycles. The summed E-state index contributed by atoms with van der Waals surface area (Å²) in [6.07, 6.45) is 1.17. The van der Waals surface area contributed by atoms with Crippen molar-refractivity contribution in [2.45, 2.75) is 25.7 Å². The van der Waals surface area contributed by atoms with Gasteiger partial charge < -0.3 is 19.1 Å². The van der Waals surface area contributed by atoms with Gasteiger partial charge in [-0.05, 0) is 65.2 Å². The lowest BCUT2D eigenvalue weighted by Gasteiger charge is -2.23. The highest BCUT2D eigenvalue weighted by atomic mass is 32.2. The van der Waals surface area contributed by atoms with Gasteiger partial charge in [-0.1, -0.05) is 11.3 Å². The zero-order chi connectivity index (χ0) is 26.5. The molecule has 2 aromatic carbocycles. The van der Waals surface area contributed by atoms with Crippen LogP contribution in [0.5, 0.6) is 17.2 Å². The molecule has 0 aliphatic heterocycles. The number of nitrogens with zero attached hydrogens (tertiary/aromatic N) is 3. The Morgan fingerprint density at radius 1 is 0.944 bits per heavy atom. The summed E-state index contributed by atoms with van der Waals surface area (Å²) >= 11 is 1.27. The first kappa shape index (κ1) is 27.7. The number of carbonyl (C=O) groups excluding carboxylic acids is 1. The highest BCUT2D eigenvalue weighted by molar-refractivity contribution is 7.90. The van der Waals surface area contributed by atoms with Gasteiger partial charge in [0.05, 0.1) is 34.9 Å². The predicted octanol–water partition coefficient (Wildman–Crippen LogP) is 4.10. The SMILES string of the molecule is CCOc1cc(C(=O)N(CCN(C)C)c2nc3ccc(S(C)(=O)=O)cc3s2)cc(OCC)c1OCC. The number of likely N-dealkylation sites (N-methyl/N-ethyl adjacent to an activating group) is 1. The van der Waals surface area contributed by atoms with Crippen LogP contribution in [0.3, 0.4) is 0 Å². The largest absolute Gasteiger partial charge is 0.490 e. The Balaban J connectivity index is 2.10. The van der Waals surface area contributed by atoms with E-state index in [-0.39, 0.29) is 10.8 Å². The molecule has 0 aliphatic rings. The van der Waals surface area contributed by atoms with Crippen LogP contribution in [0.1, 0.15) is 31.1 Å². The van der Waals surface area contributed by atoms with E-state index in [9.17, 15) is 13.2 Å². The van der Waals surface area contributed by atoms with Gasteiger partial charge in [0, 0.05) is 24.9 Å². The van der Waals surface area contributed by atoms with Gasteiger partial charge in [-0.2, -0.15) is 0 Å². The van der Waals surface area contributed by atoms with Crippen molar-refractivity contribution in [3.63, 3.8) is 0 Å². The third kappa shape index (κ3) is 6.45. The van der Waals surface area contributed by atoms with Crippen molar-refractivity contribution in [1.82, 2.24) is 9.88 Å². The molecule has 196 valence electrons. The average Bonchev–Trinajstić information content (AvgIpc) is 3.23. The van der Waals surface area contributed by atoms with Crippen LogP contribution in [0.25, 0.3) is 10.2 Å². The number of fused-ring (bicyclic) bond motifs is 1. The molecule has 0 saturated heterocycles. The monoisotopic (exact) mass is 535 g/mol. The molecule has 3 aromatic rings. The summed E-state index contributed by atoms with van der Waals surface area (Å²) in [7, 11) is 0.491. The maximum atomic E-state index is 13.9. The number of anilines is 1. The number of sulfone groups is 1.